The highest BCUT2D eigenvalue weighted by Crippen LogP contribution is 2.34. The van der Waals surface area contributed by atoms with Crippen molar-refractivity contribution in [2.45, 2.75) is 6.54 Å². The number of aromatic hydroxyl groups is 1. The number of thiazole rings is 1. The number of hydrogen-bond acceptors (Lipinski definition) is 4. The number of para-hydroxylation sites is 1. The fourth-order valence-electron chi connectivity index (χ4n) is 2.78. The minimum Gasteiger partial charge on any atom is -0.493 e. The van der Waals surface area contributed by atoms with Crippen LogP contribution in [0.5, 0.6) is 5.88 Å². The van der Waals surface area contributed by atoms with Crippen LogP contribution in [0.25, 0.3) is 11.6 Å². The molecule has 0 atom stereocenters. The summed E-state index contributed by atoms with van der Waals surface area (Å²) in [5.74, 6) is -0.739. The van der Waals surface area contributed by atoms with E-state index in [4.69, 9.17) is 11.6 Å². The maximum absolute atomic E-state index is 14.0. The molecule has 0 bridgehead atoms. The molecule has 130 valence electrons. The second-order valence-corrected chi connectivity index (χ2v) is 7.12. The molecule has 1 aromatic heterocycles. The van der Waals surface area contributed by atoms with E-state index in [2.05, 4.69) is 4.99 Å². The predicted molar refractivity (Wildman–Crippen MR) is 103 cm³/mol. The van der Waals surface area contributed by atoms with E-state index in [0.717, 1.165) is 32.7 Å². The van der Waals surface area contributed by atoms with Gasteiger partial charge in [-0.15, -0.1) is 0 Å². The number of nitrogens with zero attached hydrogens (tertiary/aromatic N) is 2. The number of rotatable bonds is 3. The number of fused-ring (bicyclic) bond motifs is 1. The summed E-state index contributed by atoms with van der Waals surface area (Å²) in [6.07, 6.45) is 3.39. The first-order valence-electron chi connectivity index (χ1n) is 7.75. The Morgan fingerprint density at radius 3 is 2.85 bits per heavy atom. The number of aromatic nitrogens is 1. The number of hydrogen-bond donors (Lipinski definition) is 1. The van der Waals surface area contributed by atoms with E-state index in [1.807, 2.05) is 24.3 Å². The smallest absolute Gasteiger partial charge is 0.310 e. The molecular weight excluding hydrogens is 375 g/mol. The molecule has 26 heavy (non-hydrogen) atoms. The van der Waals surface area contributed by atoms with Gasteiger partial charge in [0.2, 0.25) is 5.88 Å². The van der Waals surface area contributed by atoms with Gasteiger partial charge in [0.25, 0.3) is 0 Å². The predicted octanol–water partition coefficient (Wildman–Crippen LogP) is 4.71. The van der Waals surface area contributed by atoms with Crippen LogP contribution >= 0.6 is 22.9 Å². The molecule has 4 nitrogen and oxygen atoms in total. The topological polar surface area (TPSA) is 54.6 Å². The lowest BCUT2D eigenvalue weighted by Gasteiger charge is -2.07. The second kappa shape index (κ2) is 6.55. The highest BCUT2D eigenvalue weighted by Gasteiger charge is 2.18. The summed E-state index contributed by atoms with van der Waals surface area (Å²) in [5.41, 5.74) is 2.73. The monoisotopic (exact) mass is 386 g/mol. The van der Waals surface area contributed by atoms with Gasteiger partial charge in [-0.1, -0.05) is 47.2 Å². The SMILES string of the molecule is O=c1sc(/C=C2\C=Nc3ccccc32)c(O)n1Cc1c(F)cccc1Cl. The standard InChI is InChI=1S/C19H12ClFN2O2S/c20-14-5-3-6-15(21)13(14)10-23-18(24)17(26-19(23)25)8-11-9-22-16-7-2-1-4-12(11)16/h1-9,24H,10H2/b11-8+. The molecule has 0 radical (unpaired) electrons. The summed E-state index contributed by atoms with van der Waals surface area (Å²) in [6.45, 7) is -0.138. The fourth-order valence-corrected chi connectivity index (χ4v) is 3.84. The van der Waals surface area contributed by atoms with Crippen molar-refractivity contribution in [3.8, 4) is 5.88 Å². The van der Waals surface area contributed by atoms with E-state index in [9.17, 15) is 14.3 Å². The summed E-state index contributed by atoms with van der Waals surface area (Å²) in [5, 5.41) is 10.7. The maximum Gasteiger partial charge on any atom is 0.310 e. The Balaban J connectivity index is 1.74. The van der Waals surface area contributed by atoms with Crippen LogP contribution < -0.4 is 4.87 Å². The lowest BCUT2D eigenvalue weighted by molar-refractivity contribution is 0.418. The van der Waals surface area contributed by atoms with Crippen molar-refractivity contribution in [1.82, 2.24) is 4.57 Å². The first kappa shape index (κ1) is 16.8. The molecule has 0 saturated heterocycles. The Kier molecular flexibility index (Phi) is 4.22. The summed E-state index contributed by atoms with van der Waals surface area (Å²) in [4.78, 5) is 16.6. The van der Waals surface area contributed by atoms with Crippen molar-refractivity contribution in [1.29, 1.82) is 0 Å². The van der Waals surface area contributed by atoms with Crippen LogP contribution in [0.1, 0.15) is 16.0 Å². The Hall–Kier alpha value is -2.70. The summed E-state index contributed by atoms with van der Waals surface area (Å²) in [6, 6.07) is 11.9. The first-order valence-corrected chi connectivity index (χ1v) is 8.94. The number of halogens is 2. The Morgan fingerprint density at radius 2 is 2.04 bits per heavy atom. The molecular formula is C19H12ClFN2O2S. The second-order valence-electron chi connectivity index (χ2n) is 5.72. The highest BCUT2D eigenvalue weighted by atomic mass is 35.5. The normalized spacial score (nSPS) is 14.2. The van der Waals surface area contributed by atoms with Crippen LogP contribution in [0.4, 0.5) is 10.1 Å². The van der Waals surface area contributed by atoms with Gasteiger partial charge in [-0.05, 0) is 24.3 Å². The van der Waals surface area contributed by atoms with Gasteiger partial charge in [-0.25, -0.2) is 4.39 Å². The van der Waals surface area contributed by atoms with Crippen molar-refractivity contribution in [2.75, 3.05) is 0 Å². The van der Waals surface area contributed by atoms with Crippen molar-refractivity contribution in [3.05, 3.63) is 79.0 Å². The van der Waals surface area contributed by atoms with Crippen molar-refractivity contribution in [2.24, 2.45) is 4.99 Å². The zero-order valence-corrected chi connectivity index (χ0v) is 14.9. The molecule has 7 heteroatoms. The number of benzene rings is 2. The fraction of sp³-hybridized carbons (Fsp3) is 0.0526. The third-order valence-electron chi connectivity index (χ3n) is 4.12. The molecule has 0 saturated carbocycles. The minimum absolute atomic E-state index is 0.138. The molecule has 0 unspecified atom stereocenters. The summed E-state index contributed by atoms with van der Waals surface area (Å²) < 4.78 is 15.1. The molecule has 1 N–H and O–H groups in total. The Morgan fingerprint density at radius 1 is 1.23 bits per heavy atom. The molecule has 0 spiro atoms. The number of allylic oxidation sites excluding steroid dienone is 1. The molecule has 0 fully saturated rings. The van der Waals surface area contributed by atoms with Crippen LogP contribution in [0.2, 0.25) is 5.02 Å². The van der Waals surface area contributed by atoms with E-state index in [1.165, 1.54) is 12.1 Å². The third kappa shape index (κ3) is 2.87. The highest BCUT2D eigenvalue weighted by molar-refractivity contribution is 7.10. The molecule has 4 rings (SSSR count). The molecule has 2 heterocycles. The van der Waals surface area contributed by atoms with E-state index >= 15 is 0 Å². The maximum atomic E-state index is 14.0. The lowest BCUT2D eigenvalue weighted by Crippen LogP contribution is -2.14. The molecule has 3 aromatic rings. The van der Waals surface area contributed by atoms with Gasteiger partial charge in [0.15, 0.2) is 0 Å². The lowest BCUT2D eigenvalue weighted by atomic mass is 10.1. The van der Waals surface area contributed by atoms with Gasteiger partial charge in [-0.2, -0.15) is 0 Å². The van der Waals surface area contributed by atoms with Crippen LogP contribution in [0, 0.1) is 5.82 Å². The zero-order chi connectivity index (χ0) is 18.3. The molecule has 0 amide bonds. The Bertz CT molecular complexity index is 1110. The van der Waals surface area contributed by atoms with Crippen molar-refractivity contribution >= 4 is 46.5 Å². The van der Waals surface area contributed by atoms with Crippen molar-refractivity contribution < 1.29 is 9.50 Å². The average Bonchev–Trinajstić information content (AvgIpc) is 3.14. The van der Waals surface area contributed by atoms with E-state index in [1.54, 1.807) is 18.4 Å². The molecule has 1 aliphatic heterocycles. The number of aliphatic imine (C=N–C) groups is 1. The first-order chi connectivity index (χ1) is 12.5. The third-order valence-corrected chi connectivity index (χ3v) is 5.39. The van der Waals surface area contributed by atoms with E-state index in [-0.39, 0.29) is 23.0 Å². The van der Waals surface area contributed by atoms with Gasteiger partial charge >= 0.3 is 4.87 Å². The largest absolute Gasteiger partial charge is 0.493 e. The average molecular weight is 387 g/mol. The zero-order valence-electron chi connectivity index (χ0n) is 13.3. The molecule has 2 aromatic carbocycles. The van der Waals surface area contributed by atoms with Crippen LogP contribution in [-0.2, 0) is 6.54 Å². The quantitative estimate of drug-likeness (QED) is 0.708. The Labute approximate surface area is 157 Å². The molecule has 1 aliphatic rings. The van der Waals surface area contributed by atoms with Gasteiger partial charge in [0.1, 0.15) is 5.82 Å². The van der Waals surface area contributed by atoms with Crippen LogP contribution in [0.15, 0.2) is 52.3 Å². The molecule has 0 aliphatic carbocycles. The van der Waals surface area contributed by atoms with E-state index in [0.29, 0.717) is 4.88 Å². The van der Waals surface area contributed by atoms with Crippen LogP contribution in [0.3, 0.4) is 0 Å². The minimum atomic E-state index is -0.522. The summed E-state index contributed by atoms with van der Waals surface area (Å²) in [7, 11) is 0. The van der Waals surface area contributed by atoms with Gasteiger partial charge in [0, 0.05) is 27.9 Å². The van der Waals surface area contributed by atoms with Gasteiger partial charge in [-0.3, -0.25) is 14.4 Å². The van der Waals surface area contributed by atoms with Gasteiger partial charge < -0.3 is 5.11 Å². The van der Waals surface area contributed by atoms with Crippen molar-refractivity contribution in [3.63, 3.8) is 0 Å². The van der Waals surface area contributed by atoms with Gasteiger partial charge in [0.05, 0.1) is 17.1 Å². The summed E-state index contributed by atoms with van der Waals surface area (Å²) >= 11 is 6.91. The van der Waals surface area contributed by atoms with E-state index < -0.39 is 10.7 Å². The van der Waals surface area contributed by atoms with Crippen LogP contribution in [-0.4, -0.2) is 15.9 Å².